The summed E-state index contributed by atoms with van der Waals surface area (Å²) in [6.45, 7) is 7.48. The van der Waals surface area contributed by atoms with Crippen LogP contribution in [0.3, 0.4) is 0 Å². The second-order valence-corrected chi connectivity index (χ2v) is 10.2. The third kappa shape index (κ3) is 5.58. The molecule has 0 aliphatic carbocycles. The maximum Gasteiger partial charge on any atom is 0.181 e. The van der Waals surface area contributed by atoms with Crippen molar-refractivity contribution in [1.82, 2.24) is 4.90 Å². The third-order valence-electron chi connectivity index (χ3n) is 5.34. The highest BCUT2D eigenvalue weighted by Gasteiger charge is 2.31. The van der Waals surface area contributed by atoms with Crippen molar-refractivity contribution in [1.29, 1.82) is 0 Å². The predicted molar refractivity (Wildman–Crippen MR) is 113 cm³/mol. The lowest BCUT2D eigenvalue weighted by Crippen LogP contribution is -2.38. The molecular formula is C23H31NO3S. The normalized spacial score (nSPS) is 16.4. The molecule has 0 saturated carbocycles. The molecule has 0 N–H and O–H groups in total. The van der Waals surface area contributed by atoms with E-state index in [2.05, 4.69) is 30.9 Å². The largest absolute Gasteiger partial charge is 0.494 e. The lowest BCUT2D eigenvalue weighted by atomic mass is 10.1. The molecule has 152 valence electrons. The molecule has 0 spiro atoms. The Kier molecular flexibility index (Phi) is 7.13. The highest BCUT2D eigenvalue weighted by molar-refractivity contribution is 7.92. The quantitative estimate of drug-likeness (QED) is 0.651. The fraction of sp³-hybridized carbons (Fsp3) is 0.478. The summed E-state index contributed by atoms with van der Waals surface area (Å²) in [5.41, 5.74) is 1.27. The minimum absolute atomic E-state index is 0.299. The maximum absolute atomic E-state index is 13.0. The number of sulfone groups is 1. The topological polar surface area (TPSA) is 46.6 Å². The van der Waals surface area contributed by atoms with E-state index in [1.807, 2.05) is 18.2 Å². The van der Waals surface area contributed by atoms with Crippen LogP contribution in [0.2, 0.25) is 0 Å². The van der Waals surface area contributed by atoms with Gasteiger partial charge in [0.1, 0.15) is 5.75 Å². The van der Waals surface area contributed by atoms with E-state index in [1.54, 1.807) is 24.3 Å². The zero-order chi connectivity index (χ0) is 20.0. The Morgan fingerprint density at radius 2 is 1.64 bits per heavy atom. The van der Waals surface area contributed by atoms with Crippen LogP contribution in [0, 0.1) is 5.92 Å². The molecule has 3 rings (SSSR count). The number of hydrogen-bond donors (Lipinski definition) is 0. The van der Waals surface area contributed by atoms with Gasteiger partial charge in [0.2, 0.25) is 0 Å². The molecule has 1 fully saturated rings. The molecule has 0 unspecified atom stereocenters. The Morgan fingerprint density at radius 1 is 1.00 bits per heavy atom. The van der Waals surface area contributed by atoms with Gasteiger partial charge in [0.05, 0.1) is 16.8 Å². The van der Waals surface area contributed by atoms with E-state index in [0.717, 1.165) is 31.8 Å². The molecule has 0 atom stereocenters. The second-order valence-electron chi connectivity index (χ2n) is 8.01. The van der Waals surface area contributed by atoms with Gasteiger partial charge in [-0.1, -0.05) is 44.2 Å². The molecule has 1 saturated heterocycles. The molecule has 1 aliphatic rings. The van der Waals surface area contributed by atoms with Crippen LogP contribution in [0.1, 0.15) is 38.7 Å². The summed E-state index contributed by atoms with van der Waals surface area (Å²) >= 11 is 0. The average molecular weight is 402 g/mol. The zero-order valence-electron chi connectivity index (χ0n) is 16.9. The minimum atomic E-state index is -3.29. The number of rotatable bonds is 8. The van der Waals surface area contributed by atoms with Gasteiger partial charge in [-0.3, -0.25) is 4.90 Å². The molecule has 0 amide bonds. The van der Waals surface area contributed by atoms with Crippen LogP contribution >= 0.6 is 0 Å². The van der Waals surface area contributed by atoms with E-state index >= 15 is 0 Å². The van der Waals surface area contributed by atoms with Crippen molar-refractivity contribution in [3.63, 3.8) is 0 Å². The second kappa shape index (κ2) is 9.57. The van der Waals surface area contributed by atoms with Crippen molar-refractivity contribution >= 4 is 9.84 Å². The van der Waals surface area contributed by atoms with Gasteiger partial charge < -0.3 is 4.74 Å². The molecular weight excluding hydrogens is 370 g/mol. The smallest absolute Gasteiger partial charge is 0.181 e. The summed E-state index contributed by atoms with van der Waals surface area (Å²) in [6, 6.07) is 17.3. The van der Waals surface area contributed by atoms with Gasteiger partial charge in [0, 0.05) is 6.54 Å². The van der Waals surface area contributed by atoms with Crippen LogP contribution in [0.25, 0.3) is 0 Å². The van der Waals surface area contributed by atoms with Crippen LogP contribution in [0.4, 0.5) is 0 Å². The Labute approximate surface area is 169 Å². The van der Waals surface area contributed by atoms with Crippen LogP contribution < -0.4 is 4.74 Å². The Balaban J connectivity index is 1.55. The standard InChI is InChI=1S/C23H31NO3S/c1-19(2)14-17-27-21-8-10-22(11-9-21)28(25,26)23-12-15-24(16-13-23)18-20-6-4-3-5-7-20/h3-11,19,23H,12-18H2,1-2H3. The predicted octanol–water partition coefficient (Wildman–Crippen LogP) is 4.55. The first-order valence-corrected chi connectivity index (χ1v) is 11.7. The van der Waals surface area contributed by atoms with Gasteiger partial charge >= 0.3 is 0 Å². The summed E-state index contributed by atoms with van der Waals surface area (Å²) in [5.74, 6) is 1.32. The number of nitrogens with zero attached hydrogens (tertiary/aromatic N) is 1. The van der Waals surface area contributed by atoms with Crippen LogP contribution in [0.15, 0.2) is 59.5 Å². The van der Waals surface area contributed by atoms with E-state index in [4.69, 9.17) is 4.74 Å². The van der Waals surface area contributed by atoms with Gasteiger partial charge in [-0.05, 0) is 68.1 Å². The van der Waals surface area contributed by atoms with Crippen molar-refractivity contribution in [2.75, 3.05) is 19.7 Å². The molecule has 0 bridgehead atoms. The summed E-state index contributed by atoms with van der Waals surface area (Å²) < 4.78 is 31.7. The van der Waals surface area contributed by atoms with Gasteiger partial charge in [0.15, 0.2) is 9.84 Å². The number of benzene rings is 2. The van der Waals surface area contributed by atoms with E-state index in [0.29, 0.717) is 30.3 Å². The Bertz CT molecular complexity index is 824. The van der Waals surface area contributed by atoms with E-state index in [9.17, 15) is 8.42 Å². The number of likely N-dealkylation sites (tertiary alicyclic amines) is 1. The maximum atomic E-state index is 13.0. The Hall–Kier alpha value is -1.85. The van der Waals surface area contributed by atoms with Gasteiger partial charge in [-0.15, -0.1) is 0 Å². The molecule has 2 aromatic carbocycles. The molecule has 28 heavy (non-hydrogen) atoms. The van der Waals surface area contributed by atoms with Crippen molar-refractivity contribution in [3.05, 3.63) is 60.2 Å². The van der Waals surface area contributed by atoms with E-state index < -0.39 is 9.84 Å². The number of ether oxygens (including phenoxy) is 1. The van der Waals surface area contributed by atoms with E-state index in [-0.39, 0.29) is 5.25 Å². The van der Waals surface area contributed by atoms with Crippen molar-refractivity contribution in [2.24, 2.45) is 5.92 Å². The van der Waals surface area contributed by atoms with Crippen molar-refractivity contribution < 1.29 is 13.2 Å². The molecule has 4 nitrogen and oxygen atoms in total. The lowest BCUT2D eigenvalue weighted by Gasteiger charge is -2.31. The zero-order valence-corrected chi connectivity index (χ0v) is 17.7. The fourth-order valence-corrected chi connectivity index (χ4v) is 5.28. The number of hydrogen-bond acceptors (Lipinski definition) is 4. The van der Waals surface area contributed by atoms with Crippen LogP contribution in [-0.4, -0.2) is 38.3 Å². The monoisotopic (exact) mass is 401 g/mol. The third-order valence-corrected chi connectivity index (χ3v) is 7.62. The van der Waals surface area contributed by atoms with Crippen LogP contribution in [-0.2, 0) is 16.4 Å². The highest BCUT2D eigenvalue weighted by Crippen LogP contribution is 2.26. The molecule has 5 heteroatoms. The molecule has 1 heterocycles. The van der Waals surface area contributed by atoms with E-state index in [1.165, 1.54) is 5.56 Å². The van der Waals surface area contributed by atoms with Crippen molar-refractivity contribution in [2.45, 2.75) is 49.8 Å². The molecule has 0 aromatic heterocycles. The first kappa shape index (κ1) is 20.9. The van der Waals surface area contributed by atoms with Crippen LogP contribution in [0.5, 0.6) is 5.75 Å². The first-order chi connectivity index (χ1) is 13.4. The fourth-order valence-electron chi connectivity index (χ4n) is 3.55. The molecule has 1 aliphatic heterocycles. The molecule has 2 aromatic rings. The van der Waals surface area contributed by atoms with Gasteiger partial charge in [0.25, 0.3) is 0 Å². The average Bonchev–Trinajstić information content (AvgIpc) is 2.69. The van der Waals surface area contributed by atoms with Gasteiger partial charge in [-0.2, -0.15) is 0 Å². The lowest BCUT2D eigenvalue weighted by molar-refractivity contribution is 0.222. The summed E-state index contributed by atoms with van der Waals surface area (Å²) in [4.78, 5) is 2.75. The molecule has 0 radical (unpaired) electrons. The number of piperidine rings is 1. The summed E-state index contributed by atoms with van der Waals surface area (Å²) in [7, 11) is -3.29. The first-order valence-electron chi connectivity index (χ1n) is 10.2. The summed E-state index contributed by atoms with van der Waals surface area (Å²) in [5, 5.41) is -0.299. The SMILES string of the molecule is CC(C)CCOc1ccc(S(=O)(=O)C2CCN(Cc3ccccc3)CC2)cc1. The minimum Gasteiger partial charge on any atom is -0.494 e. The summed E-state index contributed by atoms with van der Waals surface area (Å²) in [6.07, 6.45) is 2.35. The van der Waals surface area contributed by atoms with Crippen molar-refractivity contribution in [3.8, 4) is 5.75 Å². The highest BCUT2D eigenvalue weighted by atomic mass is 32.2. The Morgan fingerprint density at radius 3 is 2.25 bits per heavy atom. The van der Waals surface area contributed by atoms with Gasteiger partial charge in [-0.25, -0.2) is 8.42 Å².